The molecule has 0 amide bonds. The number of anilines is 2. The summed E-state index contributed by atoms with van der Waals surface area (Å²) in [6, 6.07) is 2.97. The number of hydrogen-bond acceptors (Lipinski definition) is 8. The van der Waals surface area contributed by atoms with E-state index in [9.17, 15) is 13.2 Å². The van der Waals surface area contributed by atoms with E-state index in [1.54, 1.807) is 20.8 Å². The number of nitrogens with one attached hydrogen (secondary N) is 2. The van der Waals surface area contributed by atoms with Crippen LogP contribution in [0.25, 0.3) is 0 Å². The summed E-state index contributed by atoms with van der Waals surface area (Å²) in [5, 5.41) is 10.9. The van der Waals surface area contributed by atoms with Gasteiger partial charge in [0.25, 0.3) is 0 Å². The van der Waals surface area contributed by atoms with Crippen molar-refractivity contribution in [3.63, 3.8) is 0 Å². The maximum atomic E-state index is 15.7. The summed E-state index contributed by atoms with van der Waals surface area (Å²) in [4.78, 5) is 17.4. The summed E-state index contributed by atoms with van der Waals surface area (Å²) in [5.74, 6) is -0.794. The van der Waals surface area contributed by atoms with Gasteiger partial charge in [-0.25, -0.2) is 17.8 Å². The molecule has 0 bridgehead atoms. The van der Waals surface area contributed by atoms with Gasteiger partial charge in [0.1, 0.15) is 16.3 Å². The fourth-order valence-electron chi connectivity index (χ4n) is 4.80. The summed E-state index contributed by atoms with van der Waals surface area (Å²) >= 11 is 0. The Bertz CT molecular complexity index is 1280. The van der Waals surface area contributed by atoms with Crippen molar-refractivity contribution in [3.05, 3.63) is 29.3 Å². The number of carbonyl (C=O) groups excluding carboxylic acids is 1. The number of esters is 1. The van der Waals surface area contributed by atoms with E-state index in [4.69, 9.17) is 4.74 Å². The van der Waals surface area contributed by atoms with Crippen molar-refractivity contribution in [1.82, 2.24) is 20.1 Å². The number of halogens is 1. The molecule has 1 aliphatic rings. The molecular weight excluding hydrogens is 497 g/mol. The van der Waals surface area contributed by atoms with Crippen LogP contribution in [0.5, 0.6) is 0 Å². The Balaban J connectivity index is 2.09. The van der Waals surface area contributed by atoms with Crippen molar-refractivity contribution < 1.29 is 22.3 Å². The van der Waals surface area contributed by atoms with Crippen LogP contribution >= 0.6 is 0 Å². The number of carbonyl (C=O) groups is 1. The predicted molar refractivity (Wildman–Crippen MR) is 141 cm³/mol. The maximum Gasteiger partial charge on any atom is 0.313 e. The molecule has 0 aliphatic carbocycles. The zero-order chi connectivity index (χ0) is 28.0. The van der Waals surface area contributed by atoms with E-state index in [1.807, 2.05) is 45.4 Å². The van der Waals surface area contributed by atoms with Gasteiger partial charge < -0.3 is 15.4 Å². The molecular formula is C26H40FN5O4S. The van der Waals surface area contributed by atoms with Gasteiger partial charge in [-0.1, -0.05) is 0 Å². The minimum Gasteiger partial charge on any atom is -0.460 e. The molecule has 1 aliphatic heterocycles. The van der Waals surface area contributed by atoms with Crippen LogP contribution in [0.3, 0.4) is 0 Å². The van der Waals surface area contributed by atoms with Crippen LogP contribution in [-0.4, -0.2) is 53.6 Å². The standard InChI is InChI=1S/C26H40FN5O4S/c1-16-14-26(10-11-28-16,23(33)36-25(6,7)8)15-18-22(27)19(37(9,34)35)13-20(29-18)30-21-12-17(2)32(31-21)24(3,4)5/h12-13,16,28H,10-11,14-15H2,1-9H3,(H,29,30,31)/t16-,26?/m1/s1. The van der Waals surface area contributed by atoms with Crippen LogP contribution in [0, 0.1) is 18.2 Å². The number of aryl methyl sites for hydroxylation is 1. The zero-order valence-electron chi connectivity index (χ0n) is 23.3. The summed E-state index contributed by atoms with van der Waals surface area (Å²) in [6.45, 7) is 15.8. The third-order valence-electron chi connectivity index (χ3n) is 6.30. The van der Waals surface area contributed by atoms with Crippen molar-refractivity contribution >= 4 is 27.4 Å². The highest BCUT2D eigenvalue weighted by Crippen LogP contribution is 2.39. The van der Waals surface area contributed by atoms with Crippen LogP contribution in [0.2, 0.25) is 0 Å². The number of ether oxygens (including phenoxy) is 1. The van der Waals surface area contributed by atoms with Crippen molar-refractivity contribution in [2.75, 3.05) is 18.1 Å². The SMILES string of the molecule is Cc1cc(Nc2cc(S(C)(=O)=O)c(F)c(CC3(C(=O)OC(C)(C)C)CCN[C@H](C)C3)n2)nn1C(C)(C)C. The van der Waals surface area contributed by atoms with Crippen molar-refractivity contribution in [2.24, 2.45) is 5.41 Å². The molecule has 1 unspecified atom stereocenters. The smallest absolute Gasteiger partial charge is 0.313 e. The first-order valence-corrected chi connectivity index (χ1v) is 14.4. The Morgan fingerprint density at radius 3 is 2.41 bits per heavy atom. The monoisotopic (exact) mass is 537 g/mol. The van der Waals surface area contributed by atoms with Gasteiger partial charge in [0.05, 0.1) is 16.6 Å². The molecule has 2 aromatic heterocycles. The Morgan fingerprint density at radius 2 is 1.89 bits per heavy atom. The minimum atomic E-state index is -3.93. The largest absolute Gasteiger partial charge is 0.460 e. The summed E-state index contributed by atoms with van der Waals surface area (Å²) in [5.41, 5.74) is -1.25. The topological polar surface area (TPSA) is 115 Å². The molecule has 11 heteroatoms. The van der Waals surface area contributed by atoms with Gasteiger partial charge in [-0.2, -0.15) is 5.10 Å². The van der Waals surface area contributed by atoms with Crippen molar-refractivity contribution in [3.8, 4) is 0 Å². The molecule has 206 valence electrons. The number of hydrogen-bond donors (Lipinski definition) is 2. The number of nitrogens with zero attached hydrogens (tertiary/aromatic N) is 3. The van der Waals surface area contributed by atoms with Crippen molar-refractivity contribution in [1.29, 1.82) is 0 Å². The van der Waals surface area contributed by atoms with E-state index in [0.29, 0.717) is 25.2 Å². The number of rotatable bonds is 6. The summed E-state index contributed by atoms with van der Waals surface area (Å²) in [6.07, 6.45) is 1.68. The van der Waals surface area contributed by atoms with Crippen LogP contribution < -0.4 is 10.6 Å². The van der Waals surface area contributed by atoms with E-state index >= 15 is 4.39 Å². The lowest BCUT2D eigenvalue weighted by Crippen LogP contribution is -2.50. The Hall–Kier alpha value is -2.53. The molecule has 0 spiro atoms. The number of pyridine rings is 1. The summed E-state index contributed by atoms with van der Waals surface area (Å²) < 4.78 is 48.3. The van der Waals surface area contributed by atoms with Gasteiger partial charge in [0.2, 0.25) is 0 Å². The lowest BCUT2D eigenvalue weighted by molar-refractivity contribution is -0.170. The maximum absolute atomic E-state index is 15.7. The third-order valence-corrected chi connectivity index (χ3v) is 7.40. The predicted octanol–water partition coefficient (Wildman–Crippen LogP) is 4.27. The zero-order valence-corrected chi connectivity index (χ0v) is 24.1. The number of piperidine rings is 1. The average Bonchev–Trinajstić information content (AvgIpc) is 3.08. The molecule has 3 heterocycles. The van der Waals surface area contributed by atoms with Crippen LogP contribution in [0.15, 0.2) is 17.0 Å². The molecule has 1 fully saturated rings. The number of sulfone groups is 1. The lowest BCUT2D eigenvalue weighted by Gasteiger charge is -2.40. The Morgan fingerprint density at radius 1 is 1.24 bits per heavy atom. The second-order valence-electron chi connectivity index (χ2n) is 12.2. The second-order valence-corrected chi connectivity index (χ2v) is 14.2. The van der Waals surface area contributed by atoms with E-state index in [-0.39, 0.29) is 29.5 Å². The quantitative estimate of drug-likeness (QED) is 0.525. The molecule has 1 saturated heterocycles. The Kier molecular flexibility index (Phi) is 7.83. The first kappa shape index (κ1) is 29.0. The molecule has 2 N–H and O–H groups in total. The first-order valence-electron chi connectivity index (χ1n) is 12.5. The average molecular weight is 538 g/mol. The molecule has 2 aromatic rings. The third kappa shape index (κ3) is 6.87. The molecule has 3 rings (SSSR count). The molecule has 37 heavy (non-hydrogen) atoms. The molecule has 9 nitrogen and oxygen atoms in total. The van der Waals surface area contributed by atoms with E-state index in [0.717, 1.165) is 11.9 Å². The fourth-order valence-corrected chi connectivity index (χ4v) is 5.57. The van der Waals surface area contributed by atoms with E-state index in [1.165, 1.54) is 6.07 Å². The number of aromatic nitrogens is 3. The lowest BCUT2D eigenvalue weighted by atomic mass is 9.72. The van der Waals surface area contributed by atoms with Gasteiger partial charge in [-0.3, -0.25) is 9.48 Å². The van der Waals surface area contributed by atoms with Gasteiger partial charge in [0.15, 0.2) is 21.5 Å². The Labute approximate surface area is 219 Å². The molecule has 0 saturated carbocycles. The highest BCUT2D eigenvalue weighted by atomic mass is 32.2. The van der Waals surface area contributed by atoms with E-state index in [2.05, 4.69) is 20.7 Å². The summed E-state index contributed by atoms with van der Waals surface area (Å²) in [7, 11) is -3.93. The van der Waals surface area contributed by atoms with Crippen molar-refractivity contribution in [2.45, 2.75) is 96.7 Å². The fraction of sp³-hybridized carbons (Fsp3) is 0.654. The molecule has 2 atom stereocenters. The second kappa shape index (κ2) is 9.98. The highest BCUT2D eigenvalue weighted by molar-refractivity contribution is 7.90. The highest BCUT2D eigenvalue weighted by Gasteiger charge is 2.46. The van der Waals surface area contributed by atoms with E-state index < -0.39 is 37.5 Å². The first-order chi connectivity index (χ1) is 16.8. The minimum absolute atomic E-state index is 0.00986. The molecule has 0 aromatic carbocycles. The molecule has 0 radical (unpaired) electrons. The van der Waals surface area contributed by atoms with Crippen LogP contribution in [0.1, 0.15) is 72.7 Å². The normalized spacial score (nSPS) is 21.1. The van der Waals surface area contributed by atoms with Crippen LogP contribution in [0.4, 0.5) is 16.0 Å². The van der Waals surface area contributed by atoms with Gasteiger partial charge in [-0.15, -0.1) is 0 Å². The van der Waals surface area contributed by atoms with Gasteiger partial charge in [-0.05, 0) is 74.8 Å². The van der Waals surface area contributed by atoms with Gasteiger partial charge >= 0.3 is 5.97 Å². The van der Waals surface area contributed by atoms with Crippen LogP contribution in [-0.2, 0) is 31.3 Å². The van der Waals surface area contributed by atoms with Gasteiger partial charge in [0, 0.05) is 36.5 Å².